The van der Waals surface area contributed by atoms with Gasteiger partial charge in [-0.15, -0.1) is 0 Å². The number of rotatable bonds is 4. The lowest BCUT2D eigenvalue weighted by molar-refractivity contribution is -0.121. The Hall–Kier alpha value is -1.64. The van der Waals surface area contributed by atoms with E-state index in [1.165, 1.54) is 5.56 Å². The molecule has 3 heteroatoms. The number of Topliss-reactive ketones (excluding diaryl/α,β-unsaturated/α-hetero) is 1. The molecule has 0 aliphatic carbocycles. The number of ketones is 1. The lowest BCUT2D eigenvalue weighted by Crippen LogP contribution is -2.19. The molecule has 0 aromatic heterocycles. The van der Waals surface area contributed by atoms with Crippen molar-refractivity contribution in [1.29, 1.82) is 0 Å². The number of carbonyl (C=O) groups is 1. The van der Waals surface area contributed by atoms with E-state index in [1.807, 2.05) is 36.4 Å². The summed E-state index contributed by atoms with van der Waals surface area (Å²) in [5.74, 6) is 0.194. The highest BCUT2D eigenvalue weighted by atomic mass is 35.5. The fourth-order valence-corrected chi connectivity index (χ4v) is 2.88. The first kappa shape index (κ1) is 14.3. The van der Waals surface area contributed by atoms with Gasteiger partial charge in [-0.3, -0.25) is 4.79 Å². The van der Waals surface area contributed by atoms with Crippen LogP contribution in [-0.4, -0.2) is 12.4 Å². The Morgan fingerprint density at radius 1 is 1.14 bits per heavy atom. The molecule has 0 amide bonds. The zero-order valence-corrected chi connectivity index (χ0v) is 12.5. The topological polar surface area (TPSA) is 26.3 Å². The Balaban J connectivity index is 1.67. The van der Waals surface area contributed by atoms with Gasteiger partial charge in [-0.25, -0.2) is 0 Å². The SMILES string of the molecule is O=C(Cc1ccc(Cl)cc1)CC1OCCc2ccccc21. The van der Waals surface area contributed by atoms with E-state index in [0.29, 0.717) is 24.5 Å². The molecule has 1 aliphatic rings. The van der Waals surface area contributed by atoms with E-state index in [2.05, 4.69) is 12.1 Å². The maximum Gasteiger partial charge on any atom is 0.140 e. The predicted molar refractivity (Wildman–Crippen MR) is 83.6 cm³/mol. The quantitative estimate of drug-likeness (QED) is 0.847. The molecule has 0 saturated heterocycles. The van der Waals surface area contributed by atoms with E-state index in [9.17, 15) is 4.79 Å². The van der Waals surface area contributed by atoms with Crippen molar-refractivity contribution < 1.29 is 9.53 Å². The van der Waals surface area contributed by atoms with E-state index in [4.69, 9.17) is 16.3 Å². The summed E-state index contributed by atoms with van der Waals surface area (Å²) in [5, 5.41) is 0.691. The van der Waals surface area contributed by atoms with E-state index in [-0.39, 0.29) is 11.9 Å². The van der Waals surface area contributed by atoms with Crippen molar-refractivity contribution in [3.8, 4) is 0 Å². The number of halogens is 1. The standard InChI is InChI=1S/C18H17ClO2/c19-15-7-5-13(6-8-15)11-16(20)12-18-17-4-2-1-3-14(17)9-10-21-18/h1-8,18H,9-12H2. The van der Waals surface area contributed by atoms with E-state index >= 15 is 0 Å². The van der Waals surface area contributed by atoms with Gasteiger partial charge in [0.1, 0.15) is 5.78 Å². The van der Waals surface area contributed by atoms with Crippen molar-refractivity contribution in [3.05, 3.63) is 70.2 Å². The van der Waals surface area contributed by atoms with Crippen LogP contribution >= 0.6 is 11.6 Å². The molecule has 108 valence electrons. The molecule has 0 N–H and O–H groups in total. The number of benzene rings is 2. The number of ether oxygens (including phenoxy) is 1. The summed E-state index contributed by atoms with van der Waals surface area (Å²) in [7, 11) is 0. The Labute approximate surface area is 129 Å². The first-order valence-corrected chi connectivity index (χ1v) is 7.56. The van der Waals surface area contributed by atoms with Gasteiger partial charge in [0, 0.05) is 17.9 Å². The molecule has 0 spiro atoms. The smallest absolute Gasteiger partial charge is 0.140 e. The molecular weight excluding hydrogens is 284 g/mol. The van der Waals surface area contributed by atoms with Crippen LogP contribution in [0.4, 0.5) is 0 Å². The Bertz CT molecular complexity index is 634. The summed E-state index contributed by atoms with van der Waals surface area (Å²) in [6, 6.07) is 15.7. The minimum atomic E-state index is -0.102. The highest BCUT2D eigenvalue weighted by molar-refractivity contribution is 6.30. The summed E-state index contributed by atoms with van der Waals surface area (Å²) in [6.07, 6.45) is 1.69. The largest absolute Gasteiger partial charge is 0.373 e. The van der Waals surface area contributed by atoms with Gasteiger partial charge in [-0.2, -0.15) is 0 Å². The van der Waals surface area contributed by atoms with Crippen LogP contribution in [0, 0.1) is 0 Å². The lowest BCUT2D eigenvalue weighted by atomic mass is 9.93. The molecule has 1 heterocycles. The summed E-state index contributed by atoms with van der Waals surface area (Å²) >= 11 is 5.86. The summed E-state index contributed by atoms with van der Waals surface area (Å²) in [5.41, 5.74) is 3.45. The van der Waals surface area contributed by atoms with Crippen LogP contribution < -0.4 is 0 Å². The molecule has 0 radical (unpaired) electrons. The Morgan fingerprint density at radius 2 is 1.90 bits per heavy atom. The molecule has 1 atom stereocenters. The van der Waals surface area contributed by atoms with Crippen LogP contribution in [0.2, 0.25) is 5.02 Å². The fraction of sp³-hybridized carbons (Fsp3) is 0.278. The van der Waals surface area contributed by atoms with Crippen LogP contribution in [0.1, 0.15) is 29.2 Å². The van der Waals surface area contributed by atoms with Crippen LogP contribution in [0.3, 0.4) is 0 Å². The van der Waals surface area contributed by atoms with Crippen LogP contribution in [0.15, 0.2) is 48.5 Å². The van der Waals surface area contributed by atoms with Gasteiger partial charge in [-0.1, -0.05) is 48.0 Å². The minimum Gasteiger partial charge on any atom is -0.373 e. The van der Waals surface area contributed by atoms with Gasteiger partial charge in [0.15, 0.2) is 0 Å². The number of carbonyl (C=O) groups excluding carboxylic acids is 1. The van der Waals surface area contributed by atoms with Crippen molar-refractivity contribution in [1.82, 2.24) is 0 Å². The molecule has 2 aromatic carbocycles. The molecule has 0 saturated carbocycles. The average Bonchev–Trinajstić information content (AvgIpc) is 2.50. The molecule has 2 aromatic rings. The van der Waals surface area contributed by atoms with Gasteiger partial charge in [0.25, 0.3) is 0 Å². The zero-order chi connectivity index (χ0) is 14.7. The molecule has 21 heavy (non-hydrogen) atoms. The van der Waals surface area contributed by atoms with Crippen molar-refractivity contribution in [3.63, 3.8) is 0 Å². The summed E-state index contributed by atoms with van der Waals surface area (Å²) in [4.78, 5) is 12.3. The van der Waals surface area contributed by atoms with Crippen molar-refractivity contribution in [2.45, 2.75) is 25.4 Å². The normalized spacial score (nSPS) is 17.3. The van der Waals surface area contributed by atoms with Crippen molar-refractivity contribution in [2.24, 2.45) is 0 Å². The number of fused-ring (bicyclic) bond motifs is 1. The van der Waals surface area contributed by atoms with Gasteiger partial charge in [0.05, 0.1) is 12.7 Å². The monoisotopic (exact) mass is 300 g/mol. The third kappa shape index (κ3) is 3.52. The highest BCUT2D eigenvalue weighted by Crippen LogP contribution is 2.30. The third-order valence-corrected chi connectivity index (χ3v) is 4.07. The molecule has 0 bridgehead atoms. The number of hydrogen-bond donors (Lipinski definition) is 0. The van der Waals surface area contributed by atoms with Crippen LogP contribution in [0.5, 0.6) is 0 Å². The van der Waals surface area contributed by atoms with Gasteiger partial charge < -0.3 is 4.74 Å². The zero-order valence-electron chi connectivity index (χ0n) is 11.7. The molecule has 0 fully saturated rings. The molecule has 1 unspecified atom stereocenters. The van der Waals surface area contributed by atoms with Crippen LogP contribution in [-0.2, 0) is 22.4 Å². The summed E-state index contributed by atoms with van der Waals surface area (Å²) in [6.45, 7) is 0.690. The maximum absolute atomic E-state index is 12.3. The first-order chi connectivity index (χ1) is 10.2. The van der Waals surface area contributed by atoms with Crippen LogP contribution in [0.25, 0.3) is 0 Å². The molecule has 3 rings (SSSR count). The maximum atomic E-state index is 12.3. The fourth-order valence-electron chi connectivity index (χ4n) is 2.75. The van der Waals surface area contributed by atoms with E-state index in [0.717, 1.165) is 17.5 Å². The molecule has 2 nitrogen and oxygen atoms in total. The van der Waals surface area contributed by atoms with Crippen molar-refractivity contribution in [2.75, 3.05) is 6.61 Å². The second kappa shape index (κ2) is 6.42. The molecular formula is C18H17ClO2. The number of hydrogen-bond acceptors (Lipinski definition) is 2. The van der Waals surface area contributed by atoms with Gasteiger partial charge in [0.2, 0.25) is 0 Å². The van der Waals surface area contributed by atoms with E-state index < -0.39 is 0 Å². The Kier molecular flexibility index (Phi) is 4.37. The minimum absolute atomic E-state index is 0.102. The van der Waals surface area contributed by atoms with Gasteiger partial charge >= 0.3 is 0 Å². The Morgan fingerprint density at radius 3 is 2.71 bits per heavy atom. The third-order valence-electron chi connectivity index (χ3n) is 3.82. The lowest BCUT2D eigenvalue weighted by Gasteiger charge is -2.25. The highest BCUT2D eigenvalue weighted by Gasteiger charge is 2.22. The van der Waals surface area contributed by atoms with Gasteiger partial charge in [-0.05, 0) is 35.2 Å². The average molecular weight is 301 g/mol. The second-order valence-corrected chi connectivity index (χ2v) is 5.79. The first-order valence-electron chi connectivity index (χ1n) is 7.18. The molecule has 1 aliphatic heterocycles. The van der Waals surface area contributed by atoms with Crippen molar-refractivity contribution >= 4 is 17.4 Å². The van der Waals surface area contributed by atoms with E-state index in [1.54, 1.807) is 0 Å². The predicted octanol–water partition coefficient (Wildman–Crippen LogP) is 4.16. The summed E-state index contributed by atoms with van der Waals surface area (Å²) < 4.78 is 5.79. The second-order valence-electron chi connectivity index (χ2n) is 5.35.